The number of terminal acetylenes is 1. The second kappa shape index (κ2) is 5.08. The van der Waals surface area contributed by atoms with Crippen LogP contribution in [0.3, 0.4) is 0 Å². The van der Waals surface area contributed by atoms with E-state index >= 15 is 0 Å². The van der Waals surface area contributed by atoms with Crippen LogP contribution >= 0.6 is 0 Å². The van der Waals surface area contributed by atoms with Gasteiger partial charge in [0, 0.05) is 11.1 Å². The van der Waals surface area contributed by atoms with E-state index in [1.54, 1.807) is 19.1 Å². The molecule has 0 aliphatic carbocycles. The normalized spacial score (nSPS) is 21.2. The molecule has 0 amide bonds. The zero-order chi connectivity index (χ0) is 14.9. The maximum atomic E-state index is 12.2. The van der Waals surface area contributed by atoms with E-state index in [4.69, 9.17) is 15.9 Å². The van der Waals surface area contributed by atoms with Gasteiger partial charge in [-0.15, -0.1) is 6.42 Å². The van der Waals surface area contributed by atoms with E-state index in [0.717, 1.165) is 5.56 Å². The predicted octanol–water partition coefficient (Wildman–Crippen LogP) is 3.10. The third kappa shape index (κ3) is 2.10. The SMILES string of the molecule is C#C[C@H](C)O[C@@]1(c2ccccc2)OC(=O)c2ccccc21. The maximum absolute atomic E-state index is 12.2. The van der Waals surface area contributed by atoms with Gasteiger partial charge in [-0.25, -0.2) is 4.79 Å². The van der Waals surface area contributed by atoms with Crippen LogP contribution in [0.2, 0.25) is 0 Å². The molecule has 1 heterocycles. The van der Waals surface area contributed by atoms with Gasteiger partial charge >= 0.3 is 5.97 Å². The Morgan fingerprint density at radius 1 is 1.14 bits per heavy atom. The van der Waals surface area contributed by atoms with Gasteiger partial charge in [-0.1, -0.05) is 54.5 Å². The van der Waals surface area contributed by atoms with E-state index in [2.05, 4.69) is 5.92 Å². The van der Waals surface area contributed by atoms with Crippen LogP contribution in [-0.4, -0.2) is 12.1 Å². The third-order valence-electron chi connectivity index (χ3n) is 3.47. The Bertz CT molecular complexity index is 715. The molecular formula is C18H14O3. The Morgan fingerprint density at radius 2 is 1.81 bits per heavy atom. The molecule has 0 aromatic heterocycles. The number of carbonyl (C=O) groups is 1. The smallest absolute Gasteiger partial charge is 0.341 e. The van der Waals surface area contributed by atoms with Gasteiger partial charge in [-0.3, -0.25) is 0 Å². The number of hydrogen-bond donors (Lipinski definition) is 0. The summed E-state index contributed by atoms with van der Waals surface area (Å²) in [6.07, 6.45) is 4.93. The van der Waals surface area contributed by atoms with Crippen LogP contribution in [-0.2, 0) is 15.3 Å². The lowest BCUT2D eigenvalue weighted by Crippen LogP contribution is -2.34. The third-order valence-corrected chi connectivity index (χ3v) is 3.47. The molecule has 3 nitrogen and oxygen atoms in total. The minimum atomic E-state index is -1.28. The molecule has 0 unspecified atom stereocenters. The zero-order valence-corrected chi connectivity index (χ0v) is 11.6. The summed E-state index contributed by atoms with van der Waals surface area (Å²) < 4.78 is 11.6. The Hall–Kier alpha value is -2.57. The summed E-state index contributed by atoms with van der Waals surface area (Å²) in [7, 11) is 0. The fraction of sp³-hybridized carbons (Fsp3) is 0.167. The minimum absolute atomic E-state index is 0.404. The standard InChI is InChI=1S/C18H14O3/c1-3-13(2)20-18(14-9-5-4-6-10-14)16-12-8-7-11-15(16)17(19)21-18/h1,4-13H,2H3/t13-,18-/m0/s1. The number of cyclic esters (lactones) is 1. The molecule has 0 radical (unpaired) electrons. The van der Waals surface area contributed by atoms with Crippen molar-refractivity contribution in [1.82, 2.24) is 0 Å². The van der Waals surface area contributed by atoms with Crippen molar-refractivity contribution in [3.63, 3.8) is 0 Å². The van der Waals surface area contributed by atoms with Gasteiger partial charge in [0.05, 0.1) is 5.56 Å². The summed E-state index contributed by atoms with van der Waals surface area (Å²) in [6.45, 7) is 1.75. The molecule has 0 bridgehead atoms. The minimum Gasteiger partial charge on any atom is -0.420 e. The quantitative estimate of drug-likeness (QED) is 0.639. The first-order chi connectivity index (χ1) is 10.2. The summed E-state index contributed by atoms with van der Waals surface area (Å²) in [4.78, 5) is 12.2. The van der Waals surface area contributed by atoms with E-state index < -0.39 is 17.9 Å². The van der Waals surface area contributed by atoms with E-state index in [1.807, 2.05) is 42.5 Å². The Kier molecular flexibility index (Phi) is 3.25. The number of carbonyl (C=O) groups excluding carboxylic acids is 1. The van der Waals surface area contributed by atoms with Crippen molar-refractivity contribution in [2.45, 2.75) is 18.8 Å². The molecule has 0 fully saturated rings. The lowest BCUT2D eigenvalue weighted by molar-refractivity contribution is -0.186. The molecule has 0 saturated heterocycles. The Balaban J connectivity index is 2.20. The van der Waals surface area contributed by atoms with Crippen LogP contribution in [0.25, 0.3) is 0 Å². The van der Waals surface area contributed by atoms with E-state index in [1.165, 1.54) is 0 Å². The molecule has 3 rings (SSSR count). The topological polar surface area (TPSA) is 35.5 Å². The average molecular weight is 278 g/mol. The molecule has 0 saturated carbocycles. The highest BCUT2D eigenvalue weighted by Crippen LogP contribution is 2.43. The first-order valence-electron chi connectivity index (χ1n) is 6.69. The van der Waals surface area contributed by atoms with Gasteiger partial charge in [-0.2, -0.15) is 0 Å². The monoisotopic (exact) mass is 278 g/mol. The van der Waals surface area contributed by atoms with E-state index in [-0.39, 0.29) is 0 Å². The molecule has 2 aromatic rings. The van der Waals surface area contributed by atoms with Crippen molar-refractivity contribution in [3.05, 3.63) is 71.3 Å². The molecule has 2 atom stereocenters. The number of ether oxygens (including phenoxy) is 2. The highest BCUT2D eigenvalue weighted by Gasteiger charge is 2.49. The zero-order valence-electron chi connectivity index (χ0n) is 11.6. The van der Waals surface area contributed by atoms with Crippen LogP contribution < -0.4 is 0 Å². The highest BCUT2D eigenvalue weighted by molar-refractivity contribution is 5.95. The summed E-state index contributed by atoms with van der Waals surface area (Å²) in [5.41, 5.74) is 1.93. The average Bonchev–Trinajstić information content (AvgIpc) is 2.82. The van der Waals surface area contributed by atoms with Crippen LogP contribution in [0.1, 0.15) is 28.4 Å². The molecule has 3 heteroatoms. The largest absolute Gasteiger partial charge is 0.420 e. The Labute approximate surface area is 123 Å². The van der Waals surface area contributed by atoms with Crippen molar-refractivity contribution < 1.29 is 14.3 Å². The Morgan fingerprint density at radius 3 is 2.52 bits per heavy atom. The highest BCUT2D eigenvalue weighted by atomic mass is 16.7. The summed E-state index contributed by atoms with van der Waals surface area (Å²) >= 11 is 0. The maximum Gasteiger partial charge on any atom is 0.341 e. The number of benzene rings is 2. The van der Waals surface area contributed by atoms with Crippen LogP contribution in [0.4, 0.5) is 0 Å². The molecule has 1 aliphatic rings. The van der Waals surface area contributed by atoms with Gasteiger partial charge in [0.1, 0.15) is 6.10 Å². The van der Waals surface area contributed by atoms with Crippen LogP contribution in [0, 0.1) is 12.3 Å². The second-order valence-electron chi connectivity index (χ2n) is 4.84. The van der Waals surface area contributed by atoms with Gasteiger partial charge in [0.15, 0.2) is 0 Å². The van der Waals surface area contributed by atoms with Crippen LogP contribution in [0.15, 0.2) is 54.6 Å². The van der Waals surface area contributed by atoms with Gasteiger partial charge in [0.2, 0.25) is 0 Å². The molecular weight excluding hydrogens is 264 g/mol. The van der Waals surface area contributed by atoms with Crippen molar-refractivity contribution in [3.8, 4) is 12.3 Å². The summed E-state index contributed by atoms with van der Waals surface area (Å²) in [5.74, 6) is 0.837. The predicted molar refractivity (Wildman–Crippen MR) is 78.5 cm³/mol. The van der Waals surface area contributed by atoms with Gasteiger partial charge in [-0.05, 0) is 13.0 Å². The second-order valence-corrected chi connectivity index (χ2v) is 4.84. The lowest BCUT2D eigenvalue weighted by Gasteiger charge is -2.30. The molecule has 21 heavy (non-hydrogen) atoms. The van der Waals surface area contributed by atoms with Crippen molar-refractivity contribution >= 4 is 5.97 Å². The number of rotatable bonds is 3. The molecule has 104 valence electrons. The molecule has 2 aromatic carbocycles. The fourth-order valence-corrected chi connectivity index (χ4v) is 2.50. The summed E-state index contributed by atoms with van der Waals surface area (Å²) in [5, 5.41) is 0. The molecule has 1 aliphatic heterocycles. The number of esters is 1. The molecule has 0 spiro atoms. The van der Waals surface area contributed by atoms with Crippen molar-refractivity contribution in [1.29, 1.82) is 0 Å². The lowest BCUT2D eigenvalue weighted by atomic mass is 9.95. The van der Waals surface area contributed by atoms with E-state index in [0.29, 0.717) is 11.1 Å². The van der Waals surface area contributed by atoms with Gasteiger partial charge < -0.3 is 9.47 Å². The van der Waals surface area contributed by atoms with Crippen LogP contribution in [0.5, 0.6) is 0 Å². The van der Waals surface area contributed by atoms with Gasteiger partial charge in [0.25, 0.3) is 5.79 Å². The van der Waals surface area contributed by atoms with E-state index in [9.17, 15) is 4.79 Å². The van der Waals surface area contributed by atoms with Crippen molar-refractivity contribution in [2.75, 3.05) is 0 Å². The fourth-order valence-electron chi connectivity index (χ4n) is 2.50. The first-order valence-corrected chi connectivity index (χ1v) is 6.69. The first kappa shape index (κ1) is 13.4. The van der Waals surface area contributed by atoms with Crippen molar-refractivity contribution in [2.24, 2.45) is 0 Å². The molecule has 0 N–H and O–H groups in total. The number of hydrogen-bond acceptors (Lipinski definition) is 3. The number of fused-ring (bicyclic) bond motifs is 1. The summed E-state index contributed by atoms with van der Waals surface area (Å²) in [6, 6.07) is 16.6.